The van der Waals surface area contributed by atoms with Crippen LogP contribution in [0.15, 0.2) is 48.5 Å². The number of ether oxygens (including phenoxy) is 1. The second-order valence-electron chi connectivity index (χ2n) is 6.86. The van der Waals surface area contributed by atoms with Gasteiger partial charge >= 0.3 is 0 Å². The van der Waals surface area contributed by atoms with Crippen LogP contribution in [0.25, 0.3) is 0 Å². The molecular weight excluding hydrogens is 342 g/mol. The number of anilines is 2. The molecule has 2 aromatic carbocycles. The number of nitrogens with zero attached hydrogens (tertiary/aromatic N) is 2. The quantitative estimate of drug-likeness (QED) is 0.587. The Bertz CT molecular complexity index is 825. The van der Waals surface area contributed by atoms with Crippen molar-refractivity contribution in [3.8, 4) is 5.75 Å². The third kappa shape index (κ3) is 4.61. The average Bonchev–Trinajstić information content (AvgIpc) is 3.10. The predicted molar refractivity (Wildman–Crippen MR) is 109 cm³/mol. The van der Waals surface area contributed by atoms with Gasteiger partial charge in [-0.1, -0.05) is 56.4 Å². The second kappa shape index (κ2) is 8.32. The van der Waals surface area contributed by atoms with Gasteiger partial charge in [0.15, 0.2) is 0 Å². The number of hydrogen-bond acceptors (Lipinski definition) is 5. The number of benzene rings is 2. The van der Waals surface area contributed by atoms with Gasteiger partial charge in [-0.05, 0) is 47.7 Å². The fourth-order valence-corrected chi connectivity index (χ4v) is 3.66. The van der Waals surface area contributed by atoms with Crippen molar-refractivity contribution in [1.29, 1.82) is 0 Å². The molecule has 5 heteroatoms. The van der Waals surface area contributed by atoms with Crippen LogP contribution in [0.4, 0.5) is 10.8 Å². The minimum atomic E-state index is 0.229. The summed E-state index contributed by atoms with van der Waals surface area (Å²) in [7, 11) is 1.66. The van der Waals surface area contributed by atoms with Crippen LogP contribution >= 0.6 is 11.3 Å². The van der Waals surface area contributed by atoms with E-state index in [1.807, 2.05) is 24.3 Å². The predicted octanol–water partition coefficient (Wildman–Crippen LogP) is 5.64. The topological polar surface area (TPSA) is 47.0 Å². The summed E-state index contributed by atoms with van der Waals surface area (Å²) in [5, 5.41) is 13.8. The van der Waals surface area contributed by atoms with E-state index in [4.69, 9.17) is 4.74 Å². The first-order valence-corrected chi connectivity index (χ1v) is 9.70. The normalized spacial score (nSPS) is 12.2. The molecule has 0 aliphatic heterocycles. The Hall–Kier alpha value is -2.40. The number of nitrogens with one attached hydrogen (secondary N) is 1. The van der Waals surface area contributed by atoms with Gasteiger partial charge in [0.1, 0.15) is 10.8 Å². The molecule has 0 radical (unpaired) electrons. The number of rotatable bonds is 7. The number of aromatic nitrogens is 2. The Morgan fingerprint density at radius 2 is 1.65 bits per heavy atom. The molecule has 1 heterocycles. The van der Waals surface area contributed by atoms with Gasteiger partial charge < -0.3 is 10.1 Å². The Kier molecular flexibility index (Phi) is 5.89. The van der Waals surface area contributed by atoms with Crippen LogP contribution in [-0.2, 0) is 6.42 Å². The molecule has 1 unspecified atom stereocenters. The molecule has 0 amide bonds. The van der Waals surface area contributed by atoms with E-state index in [1.165, 1.54) is 11.1 Å². The van der Waals surface area contributed by atoms with E-state index in [1.54, 1.807) is 18.4 Å². The summed E-state index contributed by atoms with van der Waals surface area (Å²) in [6, 6.07) is 16.7. The van der Waals surface area contributed by atoms with Crippen LogP contribution in [0.2, 0.25) is 0 Å². The summed E-state index contributed by atoms with van der Waals surface area (Å²) in [5.41, 5.74) is 3.62. The molecule has 4 nitrogen and oxygen atoms in total. The van der Waals surface area contributed by atoms with E-state index in [9.17, 15) is 0 Å². The molecule has 0 aliphatic carbocycles. The molecule has 0 saturated heterocycles. The van der Waals surface area contributed by atoms with Crippen LogP contribution in [0, 0.1) is 5.92 Å². The fraction of sp³-hybridized carbons (Fsp3) is 0.333. The summed E-state index contributed by atoms with van der Waals surface area (Å²) in [6.07, 6.45) is 1.11. The van der Waals surface area contributed by atoms with Crippen molar-refractivity contribution in [2.75, 3.05) is 12.4 Å². The van der Waals surface area contributed by atoms with Crippen molar-refractivity contribution in [2.24, 2.45) is 5.92 Å². The zero-order valence-corrected chi connectivity index (χ0v) is 16.5. The van der Waals surface area contributed by atoms with Gasteiger partial charge in [-0.25, -0.2) is 0 Å². The van der Waals surface area contributed by atoms with Gasteiger partial charge in [0.2, 0.25) is 5.13 Å². The molecule has 0 fully saturated rings. The van der Waals surface area contributed by atoms with E-state index in [-0.39, 0.29) is 5.92 Å². The maximum absolute atomic E-state index is 5.18. The lowest BCUT2D eigenvalue weighted by Crippen LogP contribution is -1.98. The van der Waals surface area contributed by atoms with Crippen LogP contribution in [0.1, 0.15) is 42.8 Å². The van der Waals surface area contributed by atoms with E-state index in [0.29, 0.717) is 5.92 Å². The zero-order chi connectivity index (χ0) is 18.5. The molecule has 136 valence electrons. The molecule has 1 atom stereocenters. The molecule has 0 saturated carbocycles. The number of hydrogen-bond donors (Lipinski definition) is 1. The summed E-state index contributed by atoms with van der Waals surface area (Å²) >= 11 is 1.59. The Labute approximate surface area is 159 Å². The zero-order valence-electron chi connectivity index (χ0n) is 15.7. The van der Waals surface area contributed by atoms with Gasteiger partial charge in [0.25, 0.3) is 0 Å². The van der Waals surface area contributed by atoms with Gasteiger partial charge in [0, 0.05) is 11.6 Å². The van der Waals surface area contributed by atoms with Crippen LogP contribution in [-0.4, -0.2) is 17.3 Å². The first-order valence-electron chi connectivity index (χ1n) is 8.88. The highest BCUT2D eigenvalue weighted by molar-refractivity contribution is 7.15. The lowest BCUT2D eigenvalue weighted by molar-refractivity contribution is 0.415. The monoisotopic (exact) mass is 367 g/mol. The van der Waals surface area contributed by atoms with E-state index >= 15 is 0 Å². The molecule has 0 bridgehead atoms. The van der Waals surface area contributed by atoms with E-state index in [2.05, 4.69) is 60.6 Å². The Morgan fingerprint density at radius 1 is 0.962 bits per heavy atom. The van der Waals surface area contributed by atoms with Crippen molar-refractivity contribution in [3.63, 3.8) is 0 Å². The summed E-state index contributed by atoms with van der Waals surface area (Å²) in [6.45, 7) is 6.67. The smallest absolute Gasteiger partial charge is 0.210 e. The molecule has 3 aromatic rings. The molecule has 1 aromatic heterocycles. The SMILES string of the molecule is COc1ccc(Nc2nnc(C(C)c3ccc(CC(C)C)cc3)s2)cc1. The molecule has 0 aliphatic rings. The van der Waals surface area contributed by atoms with E-state index in [0.717, 1.165) is 28.0 Å². The van der Waals surface area contributed by atoms with Gasteiger partial charge in [0.05, 0.1) is 7.11 Å². The Balaban J connectivity index is 1.67. The molecule has 1 N–H and O–H groups in total. The summed E-state index contributed by atoms with van der Waals surface area (Å²) in [4.78, 5) is 0. The standard InChI is InChI=1S/C21H25N3OS/c1-14(2)13-16-5-7-17(8-6-16)15(3)20-23-24-21(26-20)22-18-9-11-19(25-4)12-10-18/h5-12,14-15H,13H2,1-4H3,(H,22,24). The minimum absolute atomic E-state index is 0.229. The Morgan fingerprint density at radius 3 is 2.27 bits per heavy atom. The highest BCUT2D eigenvalue weighted by atomic mass is 32.1. The highest BCUT2D eigenvalue weighted by Gasteiger charge is 2.14. The maximum atomic E-state index is 5.18. The van der Waals surface area contributed by atoms with Crippen LogP contribution in [0.3, 0.4) is 0 Å². The molecule has 26 heavy (non-hydrogen) atoms. The van der Waals surface area contributed by atoms with Gasteiger partial charge in [-0.3, -0.25) is 0 Å². The highest BCUT2D eigenvalue weighted by Crippen LogP contribution is 2.30. The molecule has 3 rings (SSSR count). The fourth-order valence-electron chi connectivity index (χ4n) is 2.81. The van der Waals surface area contributed by atoms with Gasteiger partial charge in [-0.15, -0.1) is 10.2 Å². The van der Waals surface area contributed by atoms with Crippen molar-refractivity contribution in [1.82, 2.24) is 10.2 Å². The second-order valence-corrected chi connectivity index (χ2v) is 7.87. The van der Waals surface area contributed by atoms with Crippen molar-refractivity contribution < 1.29 is 4.74 Å². The number of methoxy groups -OCH3 is 1. The van der Waals surface area contributed by atoms with Crippen molar-refractivity contribution in [3.05, 3.63) is 64.7 Å². The van der Waals surface area contributed by atoms with Crippen LogP contribution < -0.4 is 10.1 Å². The average molecular weight is 368 g/mol. The van der Waals surface area contributed by atoms with Crippen molar-refractivity contribution >= 4 is 22.2 Å². The lowest BCUT2D eigenvalue weighted by Gasteiger charge is -2.10. The first-order chi connectivity index (χ1) is 12.5. The lowest BCUT2D eigenvalue weighted by atomic mass is 9.97. The maximum Gasteiger partial charge on any atom is 0.210 e. The van der Waals surface area contributed by atoms with Gasteiger partial charge in [-0.2, -0.15) is 0 Å². The summed E-state index contributed by atoms with van der Waals surface area (Å²) in [5.74, 6) is 1.74. The molecular formula is C21H25N3OS. The third-order valence-corrected chi connectivity index (χ3v) is 5.30. The third-order valence-electron chi connectivity index (χ3n) is 4.28. The van der Waals surface area contributed by atoms with E-state index < -0.39 is 0 Å². The molecule has 0 spiro atoms. The minimum Gasteiger partial charge on any atom is -0.497 e. The van der Waals surface area contributed by atoms with Crippen molar-refractivity contribution in [2.45, 2.75) is 33.1 Å². The summed E-state index contributed by atoms with van der Waals surface area (Å²) < 4.78 is 5.18. The largest absolute Gasteiger partial charge is 0.497 e. The van der Waals surface area contributed by atoms with Crippen LogP contribution in [0.5, 0.6) is 5.75 Å². The first kappa shape index (κ1) is 18.4.